The highest BCUT2D eigenvalue weighted by Crippen LogP contribution is 2.43. The highest BCUT2D eigenvalue weighted by atomic mass is 31.2. The summed E-state index contributed by atoms with van der Waals surface area (Å²) in [7, 11) is -4.28. The molecule has 0 spiro atoms. The van der Waals surface area contributed by atoms with Crippen LogP contribution in [-0.2, 0) is 27.9 Å². The molecule has 0 aliphatic carbocycles. The number of nitrogens with two attached hydrogens (primary N) is 1. The zero-order chi connectivity index (χ0) is 39.5. The maximum Gasteiger partial charge on any atom is 0.472 e. The second kappa shape index (κ2) is 42.6. The molecule has 0 fully saturated rings. The molecule has 0 bridgehead atoms. The highest BCUT2D eigenvalue weighted by molar-refractivity contribution is 7.47. The number of hydrogen-bond acceptors (Lipinski definition) is 7. The van der Waals surface area contributed by atoms with Crippen LogP contribution in [0.3, 0.4) is 0 Å². The maximum absolute atomic E-state index is 12.6. The summed E-state index contributed by atoms with van der Waals surface area (Å²) in [4.78, 5) is 22.5. The number of phosphoric acid groups is 1. The van der Waals surface area contributed by atoms with Crippen molar-refractivity contribution in [3.05, 3.63) is 48.6 Å². The fourth-order valence-corrected chi connectivity index (χ4v) is 6.71. The summed E-state index contributed by atoms with van der Waals surface area (Å²) in [6, 6.07) is 0. The van der Waals surface area contributed by atoms with Gasteiger partial charge in [-0.15, -0.1) is 0 Å². The SMILES string of the molecule is CCC/C=C\C/C=C\CCCCCCCCOCC(COP(=O)(O)OCCN)OC(=O)CCCCCCCCCCC/C=C\C/C=C\CCCCCCC. The van der Waals surface area contributed by atoms with Crippen LogP contribution in [0, 0.1) is 0 Å². The van der Waals surface area contributed by atoms with Crippen molar-refractivity contribution in [1.82, 2.24) is 0 Å². The van der Waals surface area contributed by atoms with E-state index in [0.717, 1.165) is 64.2 Å². The molecule has 0 radical (unpaired) electrons. The van der Waals surface area contributed by atoms with E-state index in [1.165, 1.54) is 109 Å². The Hall–Kier alpha value is -1.54. The van der Waals surface area contributed by atoms with E-state index in [1.54, 1.807) is 0 Å². The van der Waals surface area contributed by atoms with Crippen LogP contribution in [0.4, 0.5) is 0 Å². The van der Waals surface area contributed by atoms with Gasteiger partial charge in [-0.2, -0.15) is 0 Å². The van der Waals surface area contributed by atoms with Gasteiger partial charge in [0.15, 0.2) is 0 Å². The molecule has 0 amide bonds. The van der Waals surface area contributed by atoms with E-state index in [9.17, 15) is 14.3 Å². The van der Waals surface area contributed by atoms with Crippen molar-refractivity contribution in [2.24, 2.45) is 5.73 Å². The van der Waals surface area contributed by atoms with Gasteiger partial charge in [-0.25, -0.2) is 4.57 Å². The lowest BCUT2D eigenvalue weighted by Gasteiger charge is -2.20. The Morgan fingerprint density at radius 1 is 0.556 bits per heavy atom. The summed E-state index contributed by atoms with van der Waals surface area (Å²) in [5, 5.41) is 0. The molecule has 9 heteroatoms. The molecule has 54 heavy (non-hydrogen) atoms. The average Bonchev–Trinajstić information content (AvgIpc) is 3.16. The van der Waals surface area contributed by atoms with Gasteiger partial charge in [0.1, 0.15) is 6.10 Å². The molecule has 0 saturated carbocycles. The van der Waals surface area contributed by atoms with Crippen LogP contribution in [0.25, 0.3) is 0 Å². The smallest absolute Gasteiger partial charge is 0.457 e. The predicted molar refractivity (Wildman–Crippen MR) is 229 cm³/mol. The topological polar surface area (TPSA) is 117 Å². The summed E-state index contributed by atoms with van der Waals surface area (Å²) < 4.78 is 33.4. The van der Waals surface area contributed by atoms with Crippen LogP contribution in [0.5, 0.6) is 0 Å². The summed E-state index contributed by atoms with van der Waals surface area (Å²) in [5.74, 6) is -0.339. The largest absolute Gasteiger partial charge is 0.472 e. The van der Waals surface area contributed by atoms with Crippen LogP contribution in [0.15, 0.2) is 48.6 Å². The number of ether oxygens (including phenoxy) is 2. The van der Waals surface area contributed by atoms with Crippen LogP contribution < -0.4 is 5.73 Å². The Bertz CT molecular complexity index is 968. The van der Waals surface area contributed by atoms with Crippen molar-refractivity contribution in [1.29, 1.82) is 0 Å². The Morgan fingerprint density at radius 3 is 1.52 bits per heavy atom. The number of rotatable bonds is 42. The van der Waals surface area contributed by atoms with E-state index in [2.05, 4.69) is 62.5 Å². The molecule has 0 aromatic rings. The zero-order valence-corrected chi connectivity index (χ0v) is 35.8. The predicted octanol–water partition coefficient (Wildman–Crippen LogP) is 13.2. The molecule has 2 unspecified atom stereocenters. The minimum Gasteiger partial charge on any atom is -0.457 e. The van der Waals surface area contributed by atoms with Gasteiger partial charge < -0.3 is 20.1 Å². The lowest BCUT2D eigenvalue weighted by Crippen LogP contribution is -2.28. The van der Waals surface area contributed by atoms with Gasteiger partial charge in [-0.1, -0.05) is 165 Å². The van der Waals surface area contributed by atoms with E-state index in [0.29, 0.717) is 13.0 Å². The van der Waals surface area contributed by atoms with E-state index in [4.69, 9.17) is 24.3 Å². The van der Waals surface area contributed by atoms with Crippen molar-refractivity contribution in [3.8, 4) is 0 Å². The number of allylic oxidation sites excluding steroid dienone is 8. The third-order valence-electron chi connectivity index (χ3n) is 9.20. The monoisotopic (exact) mass is 782 g/mol. The second-order valence-electron chi connectivity index (χ2n) is 14.6. The standard InChI is InChI=1S/C45H84NO7P/c1-3-5-7-9-11-13-15-17-19-20-21-22-23-24-25-26-28-30-32-34-36-38-45(47)53-44(43-52-54(48,49)51-41-39-46)42-50-40-37-35-33-31-29-27-18-16-14-12-10-8-6-4-2/h8,10,14-17,20-21,44H,3-7,9,11-13,18-19,22-43,46H2,1-2H3,(H,48,49)/b10-8-,16-14-,17-15-,21-20-. The third kappa shape index (κ3) is 41.6. The van der Waals surface area contributed by atoms with Crippen molar-refractivity contribution in [2.45, 2.75) is 200 Å². The van der Waals surface area contributed by atoms with Crippen molar-refractivity contribution in [3.63, 3.8) is 0 Å². The Labute approximate surface area is 332 Å². The summed E-state index contributed by atoms with van der Waals surface area (Å²) in [6.07, 6.45) is 49.8. The lowest BCUT2D eigenvalue weighted by atomic mass is 10.1. The van der Waals surface area contributed by atoms with Gasteiger partial charge in [-0.05, 0) is 70.6 Å². The Morgan fingerprint density at radius 2 is 1.02 bits per heavy atom. The molecule has 0 aliphatic rings. The molecule has 0 aromatic heterocycles. The Kier molecular flexibility index (Phi) is 41.4. The lowest BCUT2D eigenvalue weighted by molar-refractivity contribution is -0.154. The van der Waals surface area contributed by atoms with Gasteiger partial charge in [0, 0.05) is 19.6 Å². The first-order valence-corrected chi connectivity index (χ1v) is 23.6. The third-order valence-corrected chi connectivity index (χ3v) is 10.2. The number of unbranched alkanes of at least 4 members (excludes halogenated alkanes) is 21. The summed E-state index contributed by atoms with van der Waals surface area (Å²) >= 11 is 0. The molecular formula is C45H84NO7P. The molecule has 0 rings (SSSR count). The van der Waals surface area contributed by atoms with Crippen LogP contribution in [0.1, 0.15) is 194 Å². The highest BCUT2D eigenvalue weighted by Gasteiger charge is 2.25. The quantitative estimate of drug-likeness (QED) is 0.0272. The summed E-state index contributed by atoms with van der Waals surface area (Å²) in [5.41, 5.74) is 5.37. The number of hydrogen-bond donors (Lipinski definition) is 2. The molecular weight excluding hydrogens is 697 g/mol. The van der Waals surface area contributed by atoms with Gasteiger partial charge in [-0.3, -0.25) is 13.8 Å². The number of carbonyl (C=O) groups is 1. The molecule has 0 aliphatic heterocycles. The fourth-order valence-electron chi connectivity index (χ4n) is 5.95. The first-order chi connectivity index (χ1) is 26.4. The average molecular weight is 782 g/mol. The molecule has 3 N–H and O–H groups in total. The van der Waals surface area contributed by atoms with Crippen LogP contribution >= 0.6 is 7.82 Å². The van der Waals surface area contributed by atoms with Crippen molar-refractivity contribution in [2.75, 3.05) is 33.0 Å². The molecule has 316 valence electrons. The fraction of sp³-hybridized carbons (Fsp3) is 0.800. The van der Waals surface area contributed by atoms with E-state index in [-0.39, 0.29) is 32.3 Å². The minimum atomic E-state index is -4.28. The normalized spacial score (nSPS) is 13.9. The minimum absolute atomic E-state index is 0.0964. The van der Waals surface area contributed by atoms with Gasteiger partial charge in [0.05, 0.1) is 19.8 Å². The molecule has 0 heterocycles. The van der Waals surface area contributed by atoms with Crippen molar-refractivity contribution < 1.29 is 32.8 Å². The molecule has 0 saturated heterocycles. The van der Waals surface area contributed by atoms with Crippen LogP contribution in [0.2, 0.25) is 0 Å². The summed E-state index contributed by atoms with van der Waals surface area (Å²) in [6.45, 7) is 4.82. The van der Waals surface area contributed by atoms with Crippen LogP contribution in [-0.4, -0.2) is 49.9 Å². The second-order valence-corrected chi connectivity index (χ2v) is 16.0. The molecule has 8 nitrogen and oxygen atoms in total. The first kappa shape index (κ1) is 52.5. The number of phosphoric ester groups is 1. The number of esters is 1. The van der Waals surface area contributed by atoms with Crippen molar-refractivity contribution >= 4 is 13.8 Å². The van der Waals surface area contributed by atoms with E-state index >= 15 is 0 Å². The Balaban J connectivity index is 4.02. The van der Waals surface area contributed by atoms with Gasteiger partial charge in [0.2, 0.25) is 0 Å². The zero-order valence-electron chi connectivity index (χ0n) is 35.0. The first-order valence-electron chi connectivity index (χ1n) is 22.1. The van der Waals surface area contributed by atoms with E-state index in [1.807, 2.05) is 0 Å². The number of carbonyl (C=O) groups excluding carboxylic acids is 1. The van der Waals surface area contributed by atoms with E-state index < -0.39 is 13.9 Å². The molecule has 2 atom stereocenters. The van der Waals surface area contributed by atoms with Gasteiger partial charge in [0.25, 0.3) is 0 Å². The molecule has 0 aromatic carbocycles. The maximum atomic E-state index is 12.6. The van der Waals surface area contributed by atoms with Gasteiger partial charge >= 0.3 is 13.8 Å².